The average molecular weight is 139 g/mol. The lowest BCUT2D eigenvalue weighted by atomic mass is 9.93. The molecule has 0 unspecified atom stereocenters. The Morgan fingerprint density at radius 3 is 2.30 bits per heavy atom. The van der Waals surface area contributed by atoms with E-state index < -0.39 is 0 Å². The van der Waals surface area contributed by atoms with Gasteiger partial charge in [-0.15, -0.1) is 0 Å². The highest BCUT2D eigenvalue weighted by molar-refractivity contribution is 5.74. The number of hydrogen-bond donors (Lipinski definition) is 0. The molecule has 1 heterocycles. The van der Waals surface area contributed by atoms with Gasteiger partial charge >= 0.3 is 0 Å². The molecule has 0 bridgehead atoms. The number of hydrogen-bond acceptors (Lipinski definition) is 1. The Morgan fingerprint density at radius 1 is 1.50 bits per heavy atom. The summed E-state index contributed by atoms with van der Waals surface area (Å²) in [6.45, 7) is 9.21. The molecule has 0 aromatic heterocycles. The molecular weight excluding hydrogens is 126 g/mol. The lowest BCUT2D eigenvalue weighted by Gasteiger charge is -2.39. The molecule has 0 radical (unpaired) electrons. The van der Waals surface area contributed by atoms with Gasteiger partial charge < -0.3 is 4.90 Å². The molecule has 0 saturated carbocycles. The van der Waals surface area contributed by atoms with Crippen LogP contribution in [0.15, 0.2) is 12.2 Å². The topological polar surface area (TPSA) is 20.3 Å². The normalized spacial score (nSPS) is 18.4. The molecule has 0 aromatic rings. The molecule has 2 nitrogen and oxygen atoms in total. The highest BCUT2D eigenvalue weighted by atomic mass is 16.2. The number of amides is 1. The van der Waals surface area contributed by atoms with E-state index in [9.17, 15) is 4.79 Å². The van der Waals surface area contributed by atoms with Gasteiger partial charge in [0.1, 0.15) is 0 Å². The van der Waals surface area contributed by atoms with Crippen LogP contribution in [0.5, 0.6) is 0 Å². The monoisotopic (exact) mass is 139 g/mol. The minimum atomic E-state index is 0.178. The molecule has 1 saturated heterocycles. The van der Waals surface area contributed by atoms with Crippen molar-refractivity contribution in [2.45, 2.75) is 13.8 Å². The van der Waals surface area contributed by atoms with Gasteiger partial charge in [-0.25, -0.2) is 0 Å². The lowest BCUT2D eigenvalue weighted by Crippen LogP contribution is -2.49. The van der Waals surface area contributed by atoms with Crippen molar-refractivity contribution < 1.29 is 4.79 Å². The third-order valence-corrected chi connectivity index (χ3v) is 2.02. The summed E-state index contributed by atoms with van der Waals surface area (Å²) in [6, 6.07) is 0. The van der Waals surface area contributed by atoms with Gasteiger partial charge in [0.25, 0.3) is 0 Å². The van der Waals surface area contributed by atoms with Crippen LogP contribution >= 0.6 is 0 Å². The molecule has 1 amide bonds. The van der Waals surface area contributed by atoms with Gasteiger partial charge in [0, 0.05) is 25.9 Å². The second-order valence-corrected chi connectivity index (χ2v) is 2.97. The van der Waals surface area contributed by atoms with Gasteiger partial charge in [-0.3, -0.25) is 4.79 Å². The van der Waals surface area contributed by atoms with Crippen molar-refractivity contribution in [3.63, 3.8) is 0 Å². The quantitative estimate of drug-likeness (QED) is 0.497. The maximum atomic E-state index is 10.7. The highest BCUT2D eigenvalue weighted by Crippen LogP contribution is 2.21. The summed E-state index contributed by atoms with van der Waals surface area (Å²) in [5.41, 5.74) is 1.19. The molecular formula is C8H13NO. The molecule has 1 aliphatic rings. The van der Waals surface area contributed by atoms with E-state index in [4.69, 9.17) is 0 Å². The summed E-state index contributed by atoms with van der Waals surface area (Å²) in [5, 5.41) is 0. The maximum absolute atomic E-state index is 10.7. The lowest BCUT2D eigenvalue weighted by molar-refractivity contribution is -0.134. The van der Waals surface area contributed by atoms with E-state index in [-0.39, 0.29) is 5.91 Å². The van der Waals surface area contributed by atoms with Gasteiger partial charge in [0.05, 0.1) is 0 Å². The van der Waals surface area contributed by atoms with Crippen molar-refractivity contribution in [3.05, 3.63) is 12.2 Å². The number of carbonyl (C=O) groups is 1. The Kier molecular flexibility index (Phi) is 1.79. The number of nitrogens with zero attached hydrogens (tertiary/aromatic N) is 1. The molecule has 2 heteroatoms. The smallest absolute Gasteiger partial charge is 0.219 e. The first kappa shape index (κ1) is 7.32. The van der Waals surface area contributed by atoms with Crippen molar-refractivity contribution in [3.8, 4) is 0 Å². The van der Waals surface area contributed by atoms with Crippen molar-refractivity contribution in [2.75, 3.05) is 13.1 Å². The second kappa shape index (κ2) is 2.45. The Balaban J connectivity index is 2.31. The predicted octanol–water partition coefficient (Wildman–Crippen LogP) is 1.04. The summed E-state index contributed by atoms with van der Waals surface area (Å²) in [4.78, 5) is 12.5. The summed E-state index contributed by atoms with van der Waals surface area (Å²) in [5.74, 6) is 0.737. The fraction of sp³-hybridized carbons (Fsp3) is 0.625. The summed E-state index contributed by atoms with van der Waals surface area (Å²) >= 11 is 0. The predicted molar refractivity (Wildman–Crippen MR) is 40.6 cm³/mol. The average Bonchev–Trinajstić information content (AvgIpc) is 1.56. The van der Waals surface area contributed by atoms with Gasteiger partial charge in [-0.05, 0) is 6.92 Å². The third kappa shape index (κ3) is 1.20. The summed E-state index contributed by atoms with van der Waals surface area (Å²) < 4.78 is 0. The van der Waals surface area contributed by atoms with Crippen LogP contribution in [-0.4, -0.2) is 23.9 Å². The maximum Gasteiger partial charge on any atom is 0.219 e. The fourth-order valence-corrected chi connectivity index (χ4v) is 1.05. The van der Waals surface area contributed by atoms with Crippen LogP contribution in [-0.2, 0) is 4.79 Å². The number of likely N-dealkylation sites (tertiary alicyclic amines) is 1. The molecule has 56 valence electrons. The van der Waals surface area contributed by atoms with Crippen LogP contribution < -0.4 is 0 Å². The second-order valence-electron chi connectivity index (χ2n) is 2.97. The van der Waals surface area contributed by atoms with E-state index in [1.54, 1.807) is 6.92 Å². The molecule has 10 heavy (non-hydrogen) atoms. The molecule has 1 fully saturated rings. The Hall–Kier alpha value is -0.790. The van der Waals surface area contributed by atoms with Crippen LogP contribution in [0, 0.1) is 5.92 Å². The first-order valence-corrected chi connectivity index (χ1v) is 3.52. The minimum Gasteiger partial charge on any atom is -0.342 e. The van der Waals surface area contributed by atoms with Gasteiger partial charge in [-0.2, -0.15) is 0 Å². The molecule has 0 aromatic carbocycles. The highest BCUT2D eigenvalue weighted by Gasteiger charge is 2.28. The number of rotatable bonds is 1. The summed E-state index contributed by atoms with van der Waals surface area (Å²) in [6.07, 6.45) is 0. The van der Waals surface area contributed by atoms with E-state index in [1.165, 1.54) is 5.57 Å². The third-order valence-electron chi connectivity index (χ3n) is 2.02. The first-order valence-electron chi connectivity index (χ1n) is 3.52. The van der Waals surface area contributed by atoms with Crippen LogP contribution in [0.2, 0.25) is 0 Å². The van der Waals surface area contributed by atoms with Gasteiger partial charge in [-0.1, -0.05) is 12.2 Å². The molecule has 1 rings (SSSR count). The van der Waals surface area contributed by atoms with Crippen LogP contribution in [0.25, 0.3) is 0 Å². The van der Waals surface area contributed by atoms with E-state index in [0.29, 0.717) is 5.92 Å². The Morgan fingerprint density at radius 2 is 2.00 bits per heavy atom. The number of carbonyl (C=O) groups excluding carboxylic acids is 1. The van der Waals surface area contributed by atoms with E-state index in [1.807, 2.05) is 11.8 Å². The van der Waals surface area contributed by atoms with Crippen molar-refractivity contribution in [1.82, 2.24) is 4.90 Å². The van der Waals surface area contributed by atoms with Crippen LogP contribution in [0.4, 0.5) is 0 Å². The summed E-state index contributed by atoms with van der Waals surface area (Å²) in [7, 11) is 0. The van der Waals surface area contributed by atoms with Crippen LogP contribution in [0.1, 0.15) is 13.8 Å². The Labute approximate surface area is 61.5 Å². The van der Waals surface area contributed by atoms with Crippen molar-refractivity contribution in [2.24, 2.45) is 5.92 Å². The van der Waals surface area contributed by atoms with E-state index in [2.05, 4.69) is 6.58 Å². The molecule has 0 aliphatic carbocycles. The molecule has 0 N–H and O–H groups in total. The largest absolute Gasteiger partial charge is 0.342 e. The fourth-order valence-electron chi connectivity index (χ4n) is 1.05. The van der Waals surface area contributed by atoms with E-state index >= 15 is 0 Å². The van der Waals surface area contributed by atoms with E-state index in [0.717, 1.165) is 13.1 Å². The standard InChI is InChI=1S/C8H13NO/c1-6(2)8-4-9(5-8)7(3)10/h8H,1,4-5H2,2-3H3. The van der Waals surface area contributed by atoms with Crippen molar-refractivity contribution in [1.29, 1.82) is 0 Å². The molecule has 0 spiro atoms. The molecule has 0 atom stereocenters. The van der Waals surface area contributed by atoms with Crippen LogP contribution in [0.3, 0.4) is 0 Å². The Bertz CT molecular complexity index is 150. The van der Waals surface area contributed by atoms with Gasteiger partial charge in [0.2, 0.25) is 5.91 Å². The zero-order valence-corrected chi connectivity index (χ0v) is 6.55. The SMILES string of the molecule is C=C(C)C1CN(C(C)=O)C1. The minimum absolute atomic E-state index is 0.178. The zero-order chi connectivity index (χ0) is 7.72. The van der Waals surface area contributed by atoms with Gasteiger partial charge in [0.15, 0.2) is 0 Å². The van der Waals surface area contributed by atoms with Crippen molar-refractivity contribution >= 4 is 5.91 Å². The first-order chi connectivity index (χ1) is 4.61. The zero-order valence-electron chi connectivity index (χ0n) is 6.55. The molecule has 1 aliphatic heterocycles.